The molecular weight excluding hydrogens is 504 g/mol. The zero-order valence-electron chi connectivity index (χ0n) is 29.2. The van der Waals surface area contributed by atoms with Gasteiger partial charge in [-0.1, -0.05) is 193 Å². The Morgan fingerprint density at radius 3 is 0.571 bits per heavy atom. The SMILES string of the molecule is C.C.C.C1CCC(CC2CCCC2)C1.C1CCCC1.C1CCCC1.C=C.C=C.C=C.C=C.CC(C)(C)C.CC(C)(C)C. The highest BCUT2D eigenvalue weighted by molar-refractivity contribution is 4.74. The normalized spacial score (nSPS) is 16.4. The zero-order chi connectivity index (χ0) is 31.6. The maximum absolute atomic E-state index is 3.00. The first-order valence-corrected chi connectivity index (χ1v) is 16.4. The van der Waals surface area contributed by atoms with Crippen LogP contribution in [0.2, 0.25) is 0 Å². The minimum Gasteiger partial charge on any atom is -0.106 e. The van der Waals surface area contributed by atoms with Crippen LogP contribution >= 0.6 is 0 Å². The van der Waals surface area contributed by atoms with E-state index >= 15 is 0 Å². The fourth-order valence-electron chi connectivity index (χ4n) is 4.73. The van der Waals surface area contributed by atoms with E-state index in [0.29, 0.717) is 10.8 Å². The number of rotatable bonds is 2. The van der Waals surface area contributed by atoms with Crippen molar-refractivity contribution in [1.82, 2.24) is 0 Å². The summed E-state index contributed by atoms with van der Waals surface area (Å²) in [6, 6.07) is 0. The molecule has 0 unspecified atom stereocenters. The molecule has 0 aromatic heterocycles. The van der Waals surface area contributed by atoms with E-state index in [0.717, 1.165) is 11.8 Å². The van der Waals surface area contributed by atoms with Gasteiger partial charge < -0.3 is 0 Å². The largest absolute Gasteiger partial charge is 0.106 e. The van der Waals surface area contributed by atoms with Crippen LogP contribution in [0.5, 0.6) is 0 Å². The Morgan fingerprint density at radius 1 is 0.333 bits per heavy atom. The molecule has 0 atom stereocenters. The molecule has 0 spiro atoms. The smallest absolute Gasteiger partial charge is 0.0411 e. The molecule has 0 aromatic carbocycles. The van der Waals surface area contributed by atoms with Gasteiger partial charge in [0.1, 0.15) is 0 Å². The van der Waals surface area contributed by atoms with Crippen LogP contribution in [-0.2, 0) is 0 Å². The van der Waals surface area contributed by atoms with Crippen LogP contribution in [0.3, 0.4) is 0 Å². The molecule has 0 N–H and O–H groups in total. The standard InChI is InChI=1S/C11H20.2C5H10.2C5H12.4C2H4.3CH4/c1-2-6-10(5-1)9-11-7-3-4-8-11;2*1-2-4-5-3-1;2*1-5(2,3)4;4*1-2;;;/h10-11H,1-9H2;2*1-5H2;2*1-4H3;4*1-2H2;3*1H4. The first-order valence-electron chi connectivity index (χ1n) is 16.4. The summed E-state index contributed by atoms with van der Waals surface area (Å²) in [5.74, 6) is 2.27. The summed E-state index contributed by atoms with van der Waals surface area (Å²) in [7, 11) is 0. The van der Waals surface area contributed by atoms with Crippen LogP contribution in [0.25, 0.3) is 0 Å². The summed E-state index contributed by atoms with van der Waals surface area (Å²) in [5, 5.41) is 0. The lowest BCUT2D eigenvalue weighted by molar-refractivity contribution is 0.382. The third-order valence-corrected chi connectivity index (χ3v) is 6.12. The predicted molar refractivity (Wildman–Crippen MR) is 210 cm³/mol. The Kier molecular flexibility index (Phi) is 67.2. The van der Waals surface area contributed by atoms with Crippen LogP contribution in [-0.4, -0.2) is 0 Å². The Hall–Kier alpha value is -1.04. The molecule has 4 aliphatic rings. The van der Waals surface area contributed by atoms with E-state index in [-0.39, 0.29) is 22.3 Å². The minimum atomic E-state index is 0. The Morgan fingerprint density at radius 2 is 0.452 bits per heavy atom. The van der Waals surface area contributed by atoms with Crippen LogP contribution in [0.15, 0.2) is 52.6 Å². The van der Waals surface area contributed by atoms with Crippen LogP contribution in [0, 0.1) is 22.7 Å². The molecule has 4 aliphatic carbocycles. The van der Waals surface area contributed by atoms with E-state index in [2.05, 4.69) is 108 Å². The lowest BCUT2D eigenvalue weighted by atomic mass is 9.92. The van der Waals surface area contributed by atoms with Crippen molar-refractivity contribution in [2.24, 2.45) is 22.7 Å². The van der Waals surface area contributed by atoms with E-state index in [4.69, 9.17) is 0 Å². The maximum Gasteiger partial charge on any atom is -0.0411 e. The Labute approximate surface area is 274 Å². The van der Waals surface area contributed by atoms with Gasteiger partial charge in [-0.25, -0.2) is 0 Å². The molecule has 4 saturated carbocycles. The molecule has 0 aromatic rings. The molecule has 4 fully saturated rings. The highest BCUT2D eigenvalue weighted by atomic mass is 14.3. The summed E-state index contributed by atoms with van der Waals surface area (Å²) in [6.45, 7) is 41.5. The minimum absolute atomic E-state index is 0. The summed E-state index contributed by atoms with van der Waals surface area (Å²) >= 11 is 0. The van der Waals surface area contributed by atoms with Crippen LogP contribution in [0.4, 0.5) is 0 Å². The molecule has 0 nitrogen and oxygen atoms in total. The van der Waals surface area contributed by atoms with Crippen LogP contribution < -0.4 is 0 Å². The average Bonchev–Trinajstić information content (AvgIpc) is 3.72. The van der Waals surface area contributed by atoms with E-state index in [1.165, 1.54) is 89.9 Å². The monoisotopic (exact) mass is 597 g/mol. The molecule has 0 aliphatic heterocycles. The van der Waals surface area contributed by atoms with Crippen molar-refractivity contribution < 1.29 is 0 Å². The second kappa shape index (κ2) is 46.9. The molecule has 0 heteroatoms. The van der Waals surface area contributed by atoms with Gasteiger partial charge in [0, 0.05) is 0 Å². The lowest BCUT2D eigenvalue weighted by Gasteiger charge is -2.13. The van der Waals surface area contributed by atoms with Gasteiger partial charge in [0.05, 0.1) is 0 Å². The predicted octanol–water partition coefficient (Wildman–Crippen LogP) is 16.9. The van der Waals surface area contributed by atoms with E-state index in [9.17, 15) is 0 Å². The highest BCUT2D eigenvalue weighted by Crippen LogP contribution is 2.36. The molecule has 42 heavy (non-hydrogen) atoms. The van der Waals surface area contributed by atoms with Crippen molar-refractivity contribution >= 4 is 0 Å². The van der Waals surface area contributed by atoms with E-state index < -0.39 is 0 Å². The van der Waals surface area contributed by atoms with Crippen molar-refractivity contribution in [3.8, 4) is 0 Å². The summed E-state index contributed by atoms with van der Waals surface area (Å²) in [5.41, 5.74) is 1.00. The van der Waals surface area contributed by atoms with Gasteiger partial charge in [0.2, 0.25) is 0 Å². The fraction of sp³-hybridized carbons (Fsp3) is 0.810. The van der Waals surface area contributed by atoms with E-state index in [1.807, 2.05) is 0 Å². The molecule has 0 amide bonds. The Balaban J connectivity index is -0.0000000552. The quantitative estimate of drug-likeness (QED) is 0.278. The van der Waals surface area contributed by atoms with Gasteiger partial charge in [-0.15, -0.1) is 52.6 Å². The van der Waals surface area contributed by atoms with Crippen molar-refractivity contribution in [3.05, 3.63) is 52.6 Å². The number of hydrogen-bond donors (Lipinski definition) is 0. The van der Waals surface area contributed by atoms with Crippen LogP contribution in [0.1, 0.15) is 200 Å². The second-order valence-corrected chi connectivity index (χ2v) is 14.1. The van der Waals surface area contributed by atoms with Crippen molar-refractivity contribution in [2.45, 2.75) is 200 Å². The van der Waals surface area contributed by atoms with Gasteiger partial charge in [-0.3, -0.25) is 0 Å². The van der Waals surface area contributed by atoms with Gasteiger partial charge in [0.25, 0.3) is 0 Å². The van der Waals surface area contributed by atoms with Gasteiger partial charge >= 0.3 is 0 Å². The zero-order valence-corrected chi connectivity index (χ0v) is 29.2. The van der Waals surface area contributed by atoms with Gasteiger partial charge in [-0.05, 0) is 29.1 Å². The van der Waals surface area contributed by atoms with Crippen molar-refractivity contribution in [1.29, 1.82) is 0 Å². The first kappa shape index (κ1) is 60.2. The van der Waals surface area contributed by atoms with Crippen molar-refractivity contribution in [3.63, 3.8) is 0 Å². The molecular formula is C42H92. The topological polar surface area (TPSA) is 0 Å². The maximum atomic E-state index is 3.00. The van der Waals surface area contributed by atoms with E-state index in [1.54, 1.807) is 32.1 Å². The van der Waals surface area contributed by atoms with Crippen molar-refractivity contribution in [2.75, 3.05) is 0 Å². The fourth-order valence-corrected chi connectivity index (χ4v) is 4.73. The number of hydrogen-bond acceptors (Lipinski definition) is 0. The summed E-state index contributed by atoms with van der Waals surface area (Å²) in [6.07, 6.45) is 28.9. The second-order valence-electron chi connectivity index (χ2n) is 14.1. The molecule has 0 saturated heterocycles. The first-order chi connectivity index (χ1) is 18.4. The summed E-state index contributed by atoms with van der Waals surface area (Å²) < 4.78 is 0. The average molecular weight is 597 g/mol. The third kappa shape index (κ3) is 77.2. The van der Waals surface area contributed by atoms with Gasteiger partial charge in [0.15, 0.2) is 0 Å². The molecule has 0 bridgehead atoms. The molecule has 4 rings (SSSR count). The Bertz CT molecular complexity index is 329. The summed E-state index contributed by atoms with van der Waals surface area (Å²) in [4.78, 5) is 0. The lowest BCUT2D eigenvalue weighted by Crippen LogP contribution is -2.01. The molecule has 0 heterocycles. The highest BCUT2D eigenvalue weighted by Gasteiger charge is 2.22. The van der Waals surface area contributed by atoms with Gasteiger partial charge in [-0.2, -0.15) is 0 Å². The molecule has 260 valence electrons. The third-order valence-electron chi connectivity index (χ3n) is 6.12. The molecule has 0 radical (unpaired) electrons.